The molecule has 1 fully saturated rings. The fourth-order valence-corrected chi connectivity index (χ4v) is 3.22. The van der Waals surface area contributed by atoms with Gasteiger partial charge in [0.15, 0.2) is 0 Å². The molecule has 0 aromatic heterocycles. The van der Waals surface area contributed by atoms with Gasteiger partial charge in [-0.25, -0.2) is 0 Å². The number of hydrogen-bond acceptors (Lipinski definition) is 3. The van der Waals surface area contributed by atoms with E-state index < -0.39 is 6.10 Å². The number of thioether (sulfide) groups is 1. The lowest BCUT2D eigenvalue weighted by molar-refractivity contribution is 0.177. The maximum atomic E-state index is 9.84. The van der Waals surface area contributed by atoms with Crippen molar-refractivity contribution in [3.8, 4) is 0 Å². The van der Waals surface area contributed by atoms with Crippen LogP contribution in [0, 0.1) is 0 Å². The first kappa shape index (κ1) is 12.4. The molecule has 0 saturated heterocycles. The second kappa shape index (κ2) is 5.54. The van der Waals surface area contributed by atoms with E-state index in [1.54, 1.807) is 0 Å². The molecule has 1 aromatic rings. The number of aliphatic hydroxyl groups is 1. The van der Waals surface area contributed by atoms with E-state index in [-0.39, 0.29) is 0 Å². The van der Waals surface area contributed by atoms with Crippen LogP contribution in [-0.4, -0.2) is 23.9 Å². The van der Waals surface area contributed by atoms with Crippen molar-refractivity contribution in [1.82, 2.24) is 5.32 Å². The summed E-state index contributed by atoms with van der Waals surface area (Å²) in [6.07, 6.45) is 2.24. The molecule has 0 heterocycles. The van der Waals surface area contributed by atoms with E-state index in [0.717, 1.165) is 15.3 Å². The number of nitrogens with one attached hydrogen (secondary N) is 1. The molecule has 0 bridgehead atoms. The Labute approximate surface area is 109 Å². The van der Waals surface area contributed by atoms with Crippen molar-refractivity contribution in [1.29, 1.82) is 0 Å². The Kier molecular flexibility index (Phi) is 4.30. The Morgan fingerprint density at radius 1 is 1.56 bits per heavy atom. The van der Waals surface area contributed by atoms with Gasteiger partial charge < -0.3 is 10.4 Å². The zero-order chi connectivity index (χ0) is 11.5. The predicted molar refractivity (Wildman–Crippen MR) is 71.9 cm³/mol. The Balaban J connectivity index is 2.08. The smallest absolute Gasteiger partial charge is 0.0914 e. The third-order valence-corrected chi connectivity index (χ3v) is 4.89. The van der Waals surface area contributed by atoms with Crippen molar-refractivity contribution in [3.63, 3.8) is 0 Å². The molecule has 0 aliphatic heterocycles. The van der Waals surface area contributed by atoms with Crippen LogP contribution in [0.25, 0.3) is 0 Å². The average Bonchev–Trinajstić information content (AvgIpc) is 3.05. The SMILES string of the molecule is CNCC(O)c1ccc(SC2CC2)c(Br)c1. The Morgan fingerprint density at radius 2 is 2.31 bits per heavy atom. The molecule has 0 radical (unpaired) electrons. The minimum absolute atomic E-state index is 0.429. The van der Waals surface area contributed by atoms with E-state index >= 15 is 0 Å². The summed E-state index contributed by atoms with van der Waals surface area (Å²) in [7, 11) is 1.84. The zero-order valence-corrected chi connectivity index (χ0v) is 11.6. The topological polar surface area (TPSA) is 32.3 Å². The Morgan fingerprint density at radius 3 is 2.88 bits per heavy atom. The highest BCUT2D eigenvalue weighted by Gasteiger charge is 2.23. The molecule has 16 heavy (non-hydrogen) atoms. The van der Waals surface area contributed by atoms with Crippen molar-refractivity contribution in [2.45, 2.75) is 29.1 Å². The fourth-order valence-electron chi connectivity index (χ4n) is 1.50. The third-order valence-electron chi connectivity index (χ3n) is 2.56. The molecule has 1 aliphatic rings. The van der Waals surface area contributed by atoms with E-state index in [1.165, 1.54) is 17.7 Å². The highest BCUT2D eigenvalue weighted by Crippen LogP contribution is 2.42. The van der Waals surface area contributed by atoms with E-state index in [1.807, 2.05) is 30.9 Å². The lowest BCUT2D eigenvalue weighted by Crippen LogP contribution is -2.16. The van der Waals surface area contributed by atoms with Gasteiger partial charge in [0.05, 0.1) is 6.10 Å². The van der Waals surface area contributed by atoms with Gasteiger partial charge in [-0.3, -0.25) is 0 Å². The van der Waals surface area contributed by atoms with E-state index in [0.29, 0.717) is 6.54 Å². The van der Waals surface area contributed by atoms with Gasteiger partial charge in [0.1, 0.15) is 0 Å². The van der Waals surface area contributed by atoms with E-state index in [2.05, 4.69) is 27.3 Å². The van der Waals surface area contributed by atoms with Gasteiger partial charge in [0, 0.05) is 21.2 Å². The fraction of sp³-hybridized carbons (Fsp3) is 0.500. The minimum atomic E-state index is -0.429. The zero-order valence-electron chi connectivity index (χ0n) is 9.24. The number of rotatable bonds is 5. The molecule has 1 atom stereocenters. The number of aliphatic hydroxyl groups excluding tert-OH is 1. The number of benzene rings is 1. The van der Waals surface area contributed by atoms with E-state index in [9.17, 15) is 5.11 Å². The summed E-state index contributed by atoms with van der Waals surface area (Å²) in [6.45, 7) is 0.585. The molecule has 1 saturated carbocycles. The van der Waals surface area contributed by atoms with Crippen LogP contribution in [0.1, 0.15) is 24.5 Å². The van der Waals surface area contributed by atoms with Crippen molar-refractivity contribution in [2.75, 3.05) is 13.6 Å². The average molecular weight is 302 g/mol. The summed E-state index contributed by atoms with van der Waals surface area (Å²) in [5.41, 5.74) is 0.960. The second-order valence-corrected chi connectivity index (χ2v) is 6.28. The number of likely N-dealkylation sites (N-methyl/N-ethyl adjacent to an activating group) is 1. The van der Waals surface area contributed by atoms with Gasteiger partial charge in [0.25, 0.3) is 0 Å². The number of hydrogen-bond donors (Lipinski definition) is 2. The lowest BCUT2D eigenvalue weighted by atomic mass is 10.1. The molecule has 0 amide bonds. The Hall–Kier alpha value is -0.0300. The molecular formula is C12H16BrNOS. The third kappa shape index (κ3) is 3.23. The summed E-state index contributed by atoms with van der Waals surface area (Å²) < 4.78 is 1.09. The summed E-state index contributed by atoms with van der Waals surface area (Å²) in [6, 6.07) is 6.13. The first-order valence-corrected chi connectivity index (χ1v) is 7.16. The molecule has 88 valence electrons. The molecule has 4 heteroatoms. The van der Waals surface area contributed by atoms with Gasteiger partial charge in [-0.2, -0.15) is 0 Å². The lowest BCUT2D eigenvalue weighted by Gasteiger charge is -2.12. The largest absolute Gasteiger partial charge is 0.387 e. The molecule has 2 nitrogen and oxygen atoms in total. The summed E-state index contributed by atoms with van der Waals surface area (Å²) in [5, 5.41) is 13.6. The predicted octanol–water partition coefficient (Wildman–Crippen LogP) is 2.96. The van der Waals surface area contributed by atoms with Crippen LogP contribution in [-0.2, 0) is 0 Å². The van der Waals surface area contributed by atoms with Crippen LogP contribution < -0.4 is 5.32 Å². The quantitative estimate of drug-likeness (QED) is 0.877. The van der Waals surface area contributed by atoms with Crippen molar-refractivity contribution in [3.05, 3.63) is 28.2 Å². The molecule has 2 N–H and O–H groups in total. The Bertz CT molecular complexity index is 368. The summed E-state index contributed by atoms with van der Waals surface area (Å²) >= 11 is 5.50. The summed E-state index contributed by atoms with van der Waals surface area (Å²) in [5.74, 6) is 0. The molecular weight excluding hydrogens is 286 g/mol. The second-order valence-electron chi connectivity index (χ2n) is 4.08. The molecule has 1 aromatic carbocycles. The van der Waals surface area contributed by atoms with E-state index in [4.69, 9.17) is 0 Å². The maximum absolute atomic E-state index is 9.84. The first-order chi connectivity index (χ1) is 7.70. The highest BCUT2D eigenvalue weighted by atomic mass is 79.9. The van der Waals surface area contributed by atoms with Crippen LogP contribution in [0.3, 0.4) is 0 Å². The monoisotopic (exact) mass is 301 g/mol. The van der Waals surface area contributed by atoms with Crippen molar-refractivity contribution >= 4 is 27.7 Å². The normalized spacial score (nSPS) is 17.4. The van der Waals surface area contributed by atoms with Crippen molar-refractivity contribution in [2.24, 2.45) is 0 Å². The van der Waals surface area contributed by atoms with Crippen LogP contribution in [0.15, 0.2) is 27.6 Å². The minimum Gasteiger partial charge on any atom is -0.387 e. The van der Waals surface area contributed by atoms with Gasteiger partial charge in [-0.1, -0.05) is 6.07 Å². The van der Waals surface area contributed by atoms with Crippen LogP contribution in [0.2, 0.25) is 0 Å². The van der Waals surface area contributed by atoms with Gasteiger partial charge >= 0.3 is 0 Å². The summed E-state index contributed by atoms with van der Waals surface area (Å²) in [4.78, 5) is 1.28. The molecule has 1 aliphatic carbocycles. The van der Waals surface area contributed by atoms with Crippen LogP contribution >= 0.6 is 27.7 Å². The number of halogens is 1. The van der Waals surface area contributed by atoms with Crippen molar-refractivity contribution < 1.29 is 5.11 Å². The maximum Gasteiger partial charge on any atom is 0.0914 e. The molecule has 0 spiro atoms. The standard InChI is InChI=1S/C12H16BrNOS/c1-14-7-11(15)8-2-5-12(10(13)6-8)16-9-3-4-9/h2,5-6,9,11,14-15H,3-4,7H2,1H3. The first-order valence-electron chi connectivity index (χ1n) is 5.49. The highest BCUT2D eigenvalue weighted by molar-refractivity contribution is 9.10. The van der Waals surface area contributed by atoms with Gasteiger partial charge in [0.2, 0.25) is 0 Å². The van der Waals surface area contributed by atoms with Gasteiger partial charge in [-0.15, -0.1) is 11.8 Å². The van der Waals surface area contributed by atoms with Crippen LogP contribution in [0.5, 0.6) is 0 Å². The molecule has 2 rings (SSSR count). The van der Waals surface area contributed by atoms with Crippen LogP contribution in [0.4, 0.5) is 0 Å². The van der Waals surface area contributed by atoms with Gasteiger partial charge in [-0.05, 0) is 53.5 Å². The molecule has 1 unspecified atom stereocenters.